The Kier molecular flexibility index (Phi) is 3.50. The average Bonchev–Trinajstić information content (AvgIpc) is 2.29. The van der Waals surface area contributed by atoms with Gasteiger partial charge in [0.1, 0.15) is 5.69 Å². The van der Waals surface area contributed by atoms with Crippen molar-refractivity contribution in [3.05, 3.63) is 34.7 Å². The molecule has 2 heteroatoms. The second-order valence-electron chi connectivity index (χ2n) is 4.20. The number of aldehydes is 1. The van der Waals surface area contributed by atoms with Crippen LogP contribution in [0, 0.1) is 0 Å². The summed E-state index contributed by atoms with van der Waals surface area (Å²) in [6.45, 7) is 2.06. The van der Waals surface area contributed by atoms with Crippen LogP contribution in [0.25, 0.3) is 6.08 Å². The number of pyridine rings is 1. The van der Waals surface area contributed by atoms with E-state index in [4.69, 9.17) is 0 Å². The van der Waals surface area contributed by atoms with Gasteiger partial charge in [0.2, 0.25) is 0 Å². The molecule has 0 N–H and O–H groups in total. The molecule has 0 spiro atoms. The van der Waals surface area contributed by atoms with E-state index in [2.05, 4.69) is 30.1 Å². The summed E-state index contributed by atoms with van der Waals surface area (Å²) in [7, 11) is 0. The van der Waals surface area contributed by atoms with Crippen LogP contribution in [-0.4, -0.2) is 11.3 Å². The second-order valence-corrected chi connectivity index (χ2v) is 4.20. The van der Waals surface area contributed by atoms with Crippen molar-refractivity contribution in [2.75, 3.05) is 0 Å². The maximum Gasteiger partial charge on any atom is 0.168 e. The molecule has 0 radical (unpaired) electrons. The number of rotatable bonds is 2. The highest BCUT2D eigenvalue weighted by Gasteiger charge is 2.09. The molecular weight excluding hydrogens is 198 g/mol. The number of carbonyl (C=O) groups is 1. The number of nitrogens with zero attached hydrogens (tertiary/aromatic N) is 1. The molecule has 0 saturated carbocycles. The summed E-state index contributed by atoms with van der Waals surface area (Å²) in [5.41, 5.74) is 3.95. The highest BCUT2D eigenvalue weighted by atomic mass is 16.1. The van der Waals surface area contributed by atoms with Crippen LogP contribution in [0.1, 0.15) is 53.5 Å². The Balaban J connectivity index is 2.49. The van der Waals surface area contributed by atoms with Crippen molar-refractivity contribution in [3.63, 3.8) is 0 Å². The molecule has 16 heavy (non-hydrogen) atoms. The van der Waals surface area contributed by atoms with E-state index in [1.54, 1.807) is 0 Å². The Morgan fingerprint density at radius 2 is 2.31 bits per heavy atom. The van der Waals surface area contributed by atoms with Gasteiger partial charge in [-0.2, -0.15) is 0 Å². The highest BCUT2D eigenvalue weighted by molar-refractivity contribution is 5.75. The summed E-state index contributed by atoms with van der Waals surface area (Å²) in [5.74, 6) is 0. The molecule has 0 amide bonds. The van der Waals surface area contributed by atoms with Crippen molar-refractivity contribution >= 4 is 12.4 Å². The molecule has 1 aliphatic rings. The van der Waals surface area contributed by atoms with E-state index in [0.717, 1.165) is 36.8 Å². The minimum absolute atomic E-state index is 0.603. The minimum Gasteiger partial charge on any atom is -0.296 e. The van der Waals surface area contributed by atoms with Crippen molar-refractivity contribution in [1.82, 2.24) is 4.98 Å². The van der Waals surface area contributed by atoms with Gasteiger partial charge in [-0.1, -0.05) is 19.1 Å². The van der Waals surface area contributed by atoms with E-state index in [0.29, 0.717) is 5.69 Å². The smallest absolute Gasteiger partial charge is 0.168 e. The Bertz CT molecular complexity index is 421. The Morgan fingerprint density at radius 3 is 3.06 bits per heavy atom. The molecule has 1 aromatic heterocycles. The second kappa shape index (κ2) is 5.06. The Labute approximate surface area is 96.4 Å². The molecule has 1 aromatic rings. The van der Waals surface area contributed by atoms with Crippen LogP contribution in [-0.2, 0) is 12.8 Å². The number of aryl methyl sites for hydroxylation is 2. The summed E-state index contributed by atoms with van der Waals surface area (Å²) >= 11 is 0. The molecule has 2 nitrogen and oxygen atoms in total. The summed E-state index contributed by atoms with van der Waals surface area (Å²) < 4.78 is 0. The van der Waals surface area contributed by atoms with E-state index in [1.165, 1.54) is 18.4 Å². The lowest BCUT2D eigenvalue weighted by molar-refractivity contribution is 0.111. The standard InChI is InChI=1S/C14H17NO/c1-2-11-9-12-7-5-3-4-6-8-13(12)15-14(11)10-16/h6,8-10H,2-5,7H2,1H3/b8-6+. The van der Waals surface area contributed by atoms with Gasteiger partial charge < -0.3 is 0 Å². The van der Waals surface area contributed by atoms with Crippen LogP contribution in [0.2, 0.25) is 0 Å². The molecule has 0 aliphatic heterocycles. The predicted molar refractivity (Wildman–Crippen MR) is 65.6 cm³/mol. The molecular formula is C14H17NO. The van der Waals surface area contributed by atoms with Gasteiger partial charge in [-0.25, -0.2) is 4.98 Å². The molecule has 0 aromatic carbocycles. The summed E-state index contributed by atoms with van der Waals surface area (Å²) in [4.78, 5) is 15.4. The topological polar surface area (TPSA) is 30.0 Å². The van der Waals surface area contributed by atoms with Crippen molar-refractivity contribution in [2.24, 2.45) is 0 Å². The van der Waals surface area contributed by atoms with Gasteiger partial charge in [-0.3, -0.25) is 4.79 Å². The maximum absolute atomic E-state index is 10.9. The van der Waals surface area contributed by atoms with E-state index >= 15 is 0 Å². The number of carbonyl (C=O) groups excluding carboxylic acids is 1. The first-order valence-corrected chi connectivity index (χ1v) is 5.99. The maximum atomic E-state index is 10.9. The summed E-state index contributed by atoms with van der Waals surface area (Å²) in [6.07, 6.45) is 10.6. The van der Waals surface area contributed by atoms with Crippen molar-refractivity contribution < 1.29 is 4.79 Å². The van der Waals surface area contributed by atoms with Crippen molar-refractivity contribution in [2.45, 2.75) is 39.0 Å². The van der Waals surface area contributed by atoms with Crippen molar-refractivity contribution in [3.8, 4) is 0 Å². The summed E-state index contributed by atoms with van der Waals surface area (Å²) in [5, 5.41) is 0. The first-order chi connectivity index (χ1) is 7.85. The van der Waals surface area contributed by atoms with Crippen LogP contribution < -0.4 is 0 Å². The van der Waals surface area contributed by atoms with Gasteiger partial charge in [0.15, 0.2) is 6.29 Å². The SMILES string of the molecule is CCc1cc2c(nc1C=O)/C=C/CCCC2. The van der Waals surface area contributed by atoms with Crippen molar-refractivity contribution in [1.29, 1.82) is 0 Å². The third-order valence-corrected chi connectivity index (χ3v) is 3.08. The van der Waals surface area contributed by atoms with Gasteiger partial charge in [-0.15, -0.1) is 0 Å². The number of hydrogen-bond donors (Lipinski definition) is 0. The van der Waals surface area contributed by atoms with E-state index in [-0.39, 0.29) is 0 Å². The van der Waals surface area contributed by atoms with Gasteiger partial charge >= 0.3 is 0 Å². The van der Waals surface area contributed by atoms with Gasteiger partial charge in [0.05, 0.1) is 5.69 Å². The zero-order valence-electron chi connectivity index (χ0n) is 9.70. The van der Waals surface area contributed by atoms with E-state index in [9.17, 15) is 4.79 Å². The highest BCUT2D eigenvalue weighted by Crippen LogP contribution is 2.20. The fourth-order valence-corrected chi connectivity index (χ4v) is 2.13. The molecule has 0 bridgehead atoms. The molecule has 1 aliphatic carbocycles. The molecule has 2 rings (SSSR count). The number of hydrogen-bond acceptors (Lipinski definition) is 2. The third kappa shape index (κ3) is 2.21. The van der Waals surface area contributed by atoms with E-state index in [1.807, 2.05) is 0 Å². The number of fused-ring (bicyclic) bond motifs is 1. The van der Waals surface area contributed by atoms with Crippen LogP contribution >= 0.6 is 0 Å². The largest absolute Gasteiger partial charge is 0.296 e. The lowest BCUT2D eigenvalue weighted by Crippen LogP contribution is -2.03. The minimum atomic E-state index is 0.603. The molecule has 1 heterocycles. The quantitative estimate of drug-likeness (QED) is 0.709. The predicted octanol–water partition coefficient (Wildman–Crippen LogP) is 3.20. The first-order valence-electron chi connectivity index (χ1n) is 5.99. The number of allylic oxidation sites excluding steroid dienone is 1. The first kappa shape index (κ1) is 11.1. The Morgan fingerprint density at radius 1 is 1.44 bits per heavy atom. The van der Waals surface area contributed by atoms with E-state index < -0.39 is 0 Å². The van der Waals surface area contributed by atoms with Crippen LogP contribution in [0.5, 0.6) is 0 Å². The molecule has 84 valence electrons. The van der Waals surface area contributed by atoms with Gasteiger partial charge in [0, 0.05) is 0 Å². The fourth-order valence-electron chi connectivity index (χ4n) is 2.13. The van der Waals surface area contributed by atoms with Crippen LogP contribution in [0.4, 0.5) is 0 Å². The zero-order chi connectivity index (χ0) is 11.4. The van der Waals surface area contributed by atoms with Crippen LogP contribution in [0.3, 0.4) is 0 Å². The zero-order valence-corrected chi connectivity index (χ0v) is 9.70. The molecule has 0 unspecified atom stereocenters. The lowest BCUT2D eigenvalue weighted by atomic mass is 9.98. The lowest BCUT2D eigenvalue weighted by Gasteiger charge is -2.11. The van der Waals surface area contributed by atoms with Gasteiger partial charge in [-0.05, 0) is 49.3 Å². The molecule has 0 atom stereocenters. The fraction of sp³-hybridized carbons (Fsp3) is 0.429. The number of aromatic nitrogens is 1. The van der Waals surface area contributed by atoms with Crippen LogP contribution in [0.15, 0.2) is 12.1 Å². The molecule has 0 saturated heterocycles. The Hall–Kier alpha value is -1.44. The normalized spacial score (nSPS) is 17.1. The summed E-state index contributed by atoms with van der Waals surface area (Å²) in [6, 6.07) is 2.15. The monoisotopic (exact) mass is 215 g/mol. The van der Waals surface area contributed by atoms with Gasteiger partial charge in [0.25, 0.3) is 0 Å². The molecule has 0 fully saturated rings. The third-order valence-electron chi connectivity index (χ3n) is 3.08. The average molecular weight is 215 g/mol.